The lowest BCUT2D eigenvalue weighted by molar-refractivity contribution is -0.137. The molecular weight excluding hydrogens is 418 g/mol. The zero-order valence-corrected chi connectivity index (χ0v) is 19.3. The number of anilines is 1. The molecule has 4 rings (SSSR count). The molecule has 2 aliphatic rings. The first-order chi connectivity index (χ1) is 16.1. The molecule has 0 aliphatic carbocycles. The van der Waals surface area contributed by atoms with Gasteiger partial charge in [-0.1, -0.05) is 30.3 Å². The van der Waals surface area contributed by atoms with Crippen molar-refractivity contribution in [3.63, 3.8) is 0 Å². The van der Waals surface area contributed by atoms with Crippen LogP contribution in [0.3, 0.4) is 0 Å². The van der Waals surface area contributed by atoms with Crippen LogP contribution < -0.4 is 9.64 Å². The minimum atomic E-state index is -0.253. The zero-order valence-electron chi connectivity index (χ0n) is 19.3. The number of amides is 2. The molecule has 2 aromatic rings. The van der Waals surface area contributed by atoms with E-state index in [9.17, 15) is 9.59 Å². The molecule has 2 aliphatic heterocycles. The first-order valence-corrected chi connectivity index (χ1v) is 11.5. The summed E-state index contributed by atoms with van der Waals surface area (Å²) in [6.07, 6.45) is 0.733. The Balaban J connectivity index is 1.59. The van der Waals surface area contributed by atoms with Crippen molar-refractivity contribution in [2.45, 2.75) is 13.3 Å². The number of nitrogens with zero attached hydrogens (tertiary/aromatic N) is 3. The molecule has 0 radical (unpaired) electrons. The number of carbonyl (C=O) groups is 2. The molecule has 0 aromatic heterocycles. The van der Waals surface area contributed by atoms with Gasteiger partial charge in [-0.3, -0.25) is 19.4 Å². The Labute approximate surface area is 195 Å². The van der Waals surface area contributed by atoms with Crippen LogP contribution in [0.25, 0.3) is 5.57 Å². The van der Waals surface area contributed by atoms with Gasteiger partial charge in [-0.15, -0.1) is 0 Å². The molecule has 1 saturated heterocycles. The highest BCUT2D eigenvalue weighted by Gasteiger charge is 2.40. The molecule has 2 heterocycles. The maximum atomic E-state index is 13.5. The normalized spacial score (nSPS) is 17.1. The molecule has 1 fully saturated rings. The van der Waals surface area contributed by atoms with Crippen LogP contribution in [-0.2, 0) is 14.3 Å². The van der Waals surface area contributed by atoms with Crippen molar-refractivity contribution in [2.75, 3.05) is 57.9 Å². The molecule has 0 N–H and O–H groups in total. The molecule has 7 heteroatoms. The summed E-state index contributed by atoms with van der Waals surface area (Å²) in [6.45, 7) is 6.97. The van der Waals surface area contributed by atoms with E-state index in [2.05, 4.69) is 4.90 Å². The lowest BCUT2D eigenvalue weighted by Gasteiger charge is -2.27. The number of hydrogen-bond donors (Lipinski definition) is 0. The Morgan fingerprint density at radius 2 is 1.64 bits per heavy atom. The summed E-state index contributed by atoms with van der Waals surface area (Å²) in [5.41, 5.74) is 2.40. The van der Waals surface area contributed by atoms with Gasteiger partial charge in [-0.25, -0.2) is 0 Å². The lowest BCUT2D eigenvalue weighted by Crippen LogP contribution is -2.40. The molecule has 0 unspecified atom stereocenters. The quantitative estimate of drug-likeness (QED) is 0.549. The van der Waals surface area contributed by atoms with E-state index in [4.69, 9.17) is 9.47 Å². The summed E-state index contributed by atoms with van der Waals surface area (Å²) in [7, 11) is 1.83. The van der Waals surface area contributed by atoms with Gasteiger partial charge in [0, 0.05) is 38.9 Å². The van der Waals surface area contributed by atoms with E-state index < -0.39 is 0 Å². The summed E-state index contributed by atoms with van der Waals surface area (Å²) in [5.74, 6) is 0.236. The van der Waals surface area contributed by atoms with E-state index in [0.717, 1.165) is 50.7 Å². The summed E-state index contributed by atoms with van der Waals surface area (Å²) in [5, 5.41) is 0. The third-order valence-electron chi connectivity index (χ3n) is 6.04. The number of rotatable bonds is 9. The van der Waals surface area contributed by atoms with E-state index in [0.29, 0.717) is 30.0 Å². The van der Waals surface area contributed by atoms with Crippen LogP contribution in [-0.4, -0.2) is 74.7 Å². The van der Waals surface area contributed by atoms with Crippen molar-refractivity contribution in [1.29, 1.82) is 0 Å². The van der Waals surface area contributed by atoms with Crippen LogP contribution in [0.4, 0.5) is 5.69 Å². The maximum absolute atomic E-state index is 13.5. The monoisotopic (exact) mass is 449 g/mol. The van der Waals surface area contributed by atoms with Crippen LogP contribution in [0, 0.1) is 0 Å². The van der Waals surface area contributed by atoms with Gasteiger partial charge in [0.2, 0.25) is 0 Å². The van der Waals surface area contributed by atoms with E-state index in [-0.39, 0.29) is 11.8 Å². The van der Waals surface area contributed by atoms with Crippen LogP contribution in [0.15, 0.2) is 60.3 Å². The van der Waals surface area contributed by atoms with Gasteiger partial charge in [0.05, 0.1) is 25.4 Å². The Kier molecular flexibility index (Phi) is 7.42. The molecule has 0 saturated carbocycles. The molecule has 0 spiro atoms. The predicted molar refractivity (Wildman–Crippen MR) is 128 cm³/mol. The third kappa shape index (κ3) is 5.10. The van der Waals surface area contributed by atoms with Gasteiger partial charge in [0.1, 0.15) is 11.4 Å². The molecule has 0 atom stereocenters. The van der Waals surface area contributed by atoms with Crippen molar-refractivity contribution >= 4 is 23.1 Å². The largest absolute Gasteiger partial charge is 0.494 e. The lowest BCUT2D eigenvalue weighted by atomic mass is 10.0. The SMILES string of the molecule is CCOc1ccc(C2=C(N(C)c3ccccc3)C(=O)N(CCCN3CCOCC3)C2=O)cc1. The fourth-order valence-corrected chi connectivity index (χ4v) is 4.28. The number of ether oxygens (including phenoxy) is 2. The number of likely N-dealkylation sites (N-methyl/N-ethyl adjacent to an activating group) is 1. The summed E-state index contributed by atoms with van der Waals surface area (Å²) < 4.78 is 10.9. The third-order valence-corrected chi connectivity index (χ3v) is 6.04. The second kappa shape index (κ2) is 10.6. The van der Waals surface area contributed by atoms with Gasteiger partial charge in [0.25, 0.3) is 11.8 Å². The van der Waals surface area contributed by atoms with Crippen molar-refractivity contribution in [1.82, 2.24) is 9.80 Å². The second-order valence-electron chi connectivity index (χ2n) is 8.15. The van der Waals surface area contributed by atoms with Crippen molar-refractivity contribution in [3.05, 3.63) is 65.9 Å². The average molecular weight is 450 g/mol. The number of morpholine rings is 1. The van der Waals surface area contributed by atoms with Gasteiger partial charge in [0.15, 0.2) is 0 Å². The minimum absolute atomic E-state index is 0.246. The van der Waals surface area contributed by atoms with E-state index in [1.54, 1.807) is 0 Å². The maximum Gasteiger partial charge on any atom is 0.278 e. The molecular formula is C26H31N3O4. The smallest absolute Gasteiger partial charge is 0.278 e. The number of imide groups is 1. The van der Waals surface area contributed by atoms with Crippen LogP contribution in [0.5, 0.6) is 5.75 Å². The summed E-state index contributed by atoms with van der Waals surface area (Å²) >= 11 is 0. The highest BCUT2D eigenvalue weighted by Crippen LogP contribution is 2.34. The minimum Gasteiger partial charge on any atom is -0.494 e. The van der Waals surface area contributed by atoms with Gasteiger partial charge < -0.3 is 14.4 Å². The van der Waals surface area contributed by atoms with E-state index >= 15 is 0 Å². The van der Waals surface area contributed by atoms with Crippen molar-refractivity contribution in [3.8, 4) is 5.75 Å². The molecule has 7 nitrogen and oxygen atoms in total. The molecule has 174 valence electrons. The molecule has 0 bridgehead atoms. The van der Waals surface area contributed by atoms with Gasteiger partial charge >= 0.3 is 0 Å². The summed E-state index contributed by atoms with van der Waals surface area (Å²) in [4.78, 5) is 32.5. The van der Waals surface area contributed by atoms with Crippen LogP contribution in [0.2, 0.25) is 0 Å². The van der Waals surface area contributed by atoms with Gasteiger partial charge in [-0.2, -0.15) is 0 Å². The number of para-hydroxylation sites is 1. The first-order valence-electron chi connectivity index (χ1n) is 11.5. The van der Waals surface area contributed by atoms with Gasteiger partial charge in [-0.05, 0) is 43.2 Å². The Hall–Kier alpha value is -3.16. The fraction of sp³-hybridized carbons (Fsp3) is 0.385. The van der Waals surface area contributed by atoms with Crippen molar-refractivity contribution in [2.24, 2.45) is 0 Å². The molecule has 2 aromatic carbocycles. The highest BCUT2D eigenvalue weighted by molar-refractivity contribution is 6.36. The molecule has 33 heavy (non-hydrogen) atoms. The van der Waals surface area contributed by atoms with Crippen LogP contribution in [0.1, 0.15) is 18.9 Å². The number of benzene rings is 2. The van der Waals surface area contributed by atoms with Crippen LogP contribution >= 0.6 is 0 Å². The van der Waals surface area contributed by atoms with Crippen molar-refractivity contribution < 1.29 is 19.1 Å². The highest BCUT2D eigenvalue weighted by atomic mass is 16.5. The fourth-order valence-electron chi connectivity index (χ4n) is 4.28. The molecule has 2 amide bonds. The summed E-state index contributed by atoms with van der Waals surface area (Å²) in [6, 6.07) is 17.0. The van der Waals surface area contributed by atoms with E-state index in [1.807, 2.05) is 73.5 Å². The Bertz CT molecular complexity index is 998. The Morgan fingerprint density at radius 1 is 0.939 bits per heavy atom. The zero-order chi connectivity index (χ0) is 23.2. The number of carbonyl (C=O) groups excluding carboxylic acids is 2. The first kappa shape index (κ1) is 23.0. The average Bonchev–Trinajstić information content (AvgIpc) is 3.10. The second-order valence-corrected chi connectivity index (χ2v) is 8.15. The Morgan fingerprint density at radius 3 is 2.30 bits per heavy atom. The van der Waals surface area contributed by atoms with E-state index in [1.165, 1.54) is 4.90 Å². The topological polar surface area (TPSA) is 62.3 Å². The standard InChI is InChI=1S/C26H31N3O4/c1-3-33-22-12-10-20(11-13-22)23-24(27(2)21-8-5-4-6-9-21)26(31)29(25(23)30)15-7-14-28-16-18-32-19-17-28/h4-6,8-13H,3,7,14-19H2,1-2H3. The predicted octanol–water partition coefficient (Wildman–Crippen LogP) is 3.02. The number of hydrogen-bond acceptors (Lipinski definition) is 6.